The van der Waals surface area contributed by atoms with Gasteiger partial charge in [-0.25, -0.2) is 8.42 Å². The van der Waals surface area contributed by atoms with Crippen LogP contribution in [0.15, 0.2) is 24.3 Å². The average Bonchev–Trinajstić information content (AvgIpc) is 3.01. The van der Waals surface area contributed by atoms with Crippen LogP contribution in [-0.4, -0.2) is 56.5 Å². The molecule has 1 saturated heterocycles. The zero-order valence-corrected chi connectivity index (χ0v) is 16.1. The molecule has 0 bridgehead atoms. The van der Waals surface area contributed by atoms with E-state index in [1.165, 1.54) is 6.42 Å². The van der Waals surface area contributed by atoms with Crippen LogP contribution in [0.25, 0.3) is 0 Å². The summed E-state index contributed by atoms with van der Waals surface area (Å²) in [7, 11) is -1.40. The predicted molar refractivity (Wildman–Crippen MR) is 102 cm³/mol. The molecule has 26 heavy (non-hydrogen) atoms. The van der Waals surface area contributed by atoms with Crippen molar-refractivity contribution in [1.29, 1.82) is 0 Å². The minimum Gasteiger partial charge on any atom is -0.497 e. The Kier molecular flexibility index (Phi) is 6.06. The summed E-state index contributed by atoms with van der Waals surface area (Å²) in [4.78, 5) is 14.9. The van der Waals surface area contributed by atoms with Crippen LogP contribution < -0.4 is 10.1 Å². The summed E-state index contributed by atoms with van der Waals surface area (Å²) < 4.78 is 29.0. The van der Waals surface area contributed by atoms with Crippen molar-refractivity contribution in [3.8, 4) is 5.75 Å². The first-order valence-electron chi connectivity index (χ1n) is 9.38. The van der Waals surface area contributed by atoms with Gasteiger partial charge in [-0.1, -0.05) is 19.3 Å². The SMILES string of the molecule is COc1ccc(NCC(=O)N(C2CCCCC2)C2CCS(=O)(=O)C2)cc1. The molecule has 1 amide bonds. The molecule has 0 spiro atoms. The van der Waals surface area contributed by atoms with E-state index in [0.29, 0.717) is 6.42 Å². The Hall–Kier alpha value is -1.76. The van der Waals surface area contributed by atoms with Gasteiger partial charge in [0.05, 0.1) is 25.2 Å². The van der Waals surface area contributed by atoms with E-state index >= 15 is 0 Å². The van der Waals surface area contributed by atoms with E-state index in [1.807, 2.05) is 29.2 Å². The fraction of sp³-hybridized carbons (Fsp3) is 0.632. The molecule has 6 nitrogen and oxygen atoms in total. The zero-order chi connectivity index (χ0) is 18.6. The van der Waals surface area contributed by atoms with Crippen molar-refractivity contribution in [3.63, 3.8) is 0 Å². The highest BCUT2D eigenvalue weighted by Crippen LogP contribution is 2.28. The molecule has 1 atom stereocenters. The number of hydrogen-bond donors (Lipinski definition) is 1. The highest BCUT2D eigenvalue weighted by Gasteiger charge is 2.38. The van der Waals surface area contributed by atoms with Gasteiger partial charge in [0.2, 0.25) is 5.91 Å². The third-order valence-corrected chi connectivity index (χ3v) is 7.14. The van der Waals surface area contributed by atoms with Crippen molar-refractivity contribution in [1.82, 2.24) is 4.90 Å². The maximum atomic E-state index is 13.0. The predicted octanol–water partition coefficient (Wildman–Crippen LogP) is 2.46. The second-order valence-electron chi connectivity index (χ2n) is 7.23. The minimum absolute atomic E-state index is 0.00480. The summed E-state index contributed by atoms with van der Waals surface area (Å²) in [6.45, 7) is 0.180. The monoisotopic (exact) mass is 380 g/mol. The Balaban J connectivity index is 1.67. The molecule has 1 aromatic carbocycles. The van der Waals surface area contributed by atoms with E-state index in [-0.39, 0.29) is 36.0 Å². The van der Waals surface area contributed by atoms with Crippen molar-refractivity contribution in [3.05, 3.63) is 24.3 Å². The van der Waals surface area contributed by atoms with Crippen LogP contribution in [0, 0.1) is 0 Å². The van der Waals surface area contributed by atoms with E-state index < -0.39 is 9.84 Å². The summed E-state index contributed by atoms with van der Waals surface area (Å²) in [6, 6.07) is 7.43. The van der Waals surface area contributed by atoms with Gasteiger partial charge in [0.25, 0.3) is 0 Å². The second-order valence-corrected chi connectivity index (χ2v) is 9.46. The van der Waals surface area contributed by atoms with E-state index in [4.69, 9.17) is 4.74 Å². The van der Waals surface area contributed by atoms with E-state index in [0.717, 1.165) is 37.1 Å². The first-order chi connectivity index (χ1) is 12.5. The van der Waals surface area contributed by atoms with Crippen molar-refractivity contribution >= 4 is 21.4 Å². The van der Waals surface area contributed by atoms with Crippen molar-refractivity contribution in [2.45, 2.75) is 50.6 Å². The maximum Gasteiger partial charge on any atom is 0.242 e. The van der Waals surface area contributed by atoms with Crippen LogP contribution in [0.5, 0.6) is 5.75 Å². The molecule has 2 aliphatic rings. The Bertz CT molecular complexity index is 712. The standard InChI is InChI=1S/C19H28N2O4S/c1-25-18-9-7-15(8-10-18)20-13-19(22)21(16-5-3-2-4-6-16)17-11-12-26(23,24)14-17/h7-10,16-17,20H,2-6,11-14H2,1H3. The van der Waals surface area contributed by atoms with Crippen molar-refractivity contribution in [2.24, 2.45) is 0 Å². The third kappa shape index (κ3) is 4.69. The van der Waals surface area contributed by atoms with Crippen LogP contribution in [0.3, 0.4) is 0 Å². The number of carbonyl (C=O) groups is 1. The molecule has 1 saturated carbocycles. The van der Waals surface area contributed by atoms with Gasteiger partial charge >= 0.3 is 0 Å². The summed E-state index contributed by atoms with van der Waals surface area (Å²) in [6.07, 6.45) is 5.94. The number of methoxy groups -OCH3 is 1. The first kappa shape index (κ1) is 19.0. The number of ether oxygens (including phenoxy) is 1. The lowest BCUT2D eigenvalue weighted by molar-refractivity contribution is -0.134. The number of nitrogens with one attached hydrogen (secondary N) is 1. The molecule has 1 heterocycles. The second kappa shape index (κ2) is 8.29. The van der Waals surface area contributed by atoms with Gasteiger partial charge in [0.1, 0.15) is 5.75 Å². The molecular weight excluding hydrogens is 352 g/mol. The van der Waals surface area contributed by atoms with Crippen molar-refractivity contribution < 1.29 is 17.9 Å². The van der Waals surface area contributed by atoms with E-state index in [9.17, 15) is 13.2 Å². The first-order valence-corrected chi connectivity index (χ1v) is 11.2. The maximum absolute atomic E-state index is 13.0. The molecule has 1 aliphatic heterocycles. The molecule has 1 aromatic rings. The molecule has 2 fully saturated rings. The van der Waals surface area contributed by atoms with Gasteiger partial charge in [0, 0.05) is 17.8 Å². The van der Waals surface area contributed by atoms with Crippen LogP contribution in [0.4, 0.5) is 5.69 Å². The lowest BCUT2D eigenvalue weighted by atomic mass is 9.93. The summed E-state index contributed by atoms with van der Waals surface area (Å²) in [5.41, 5.74) is 0.849. The molecule has 1 N–H and O–H groups in total. The smallest absolute Gasteiger partial charge is 0.242 e. The summed E-state index contributed by atoms with van der Waals surface area (Å²) >= 11 is 0. The number of anilines is 1. The van der Waals surface area contributed by atoms with Gasteiger partial charge in [-0.2, -0.15) is 0 Å². The van der Waals surface area contributed by atoms with Crippen molar-refractivity contribution in [2.75, 3.05) is 30.5 Å². The van der Waals surface area contributed by atoms with Crippen LogP contribution in [0.2, 0.25) is 0 Å². The highest BCUT2D eigenvalue weighted by molar-refractivity contribution is 7.91. The normalized spacial score (nSPS) is 22.7. The lowest BCUT2D eigenvalue weighted by Gasteiger charge is -2.38. The largest absolute Gasteiger partial charge is 0.497 e. The molecule has 0 radical (unpaired) electrons. The van der Waals surface area contributed by atoms with Crippen LogP contribution >= 0.6 is 0 Å². The fourth-order valence-electron chi connectivity index (χ4n) is 4.04. The van der Waals surface area contributed by atoms with E-state index in [2.05, 4.69) is 5.32 Å². The third-order valence-electron chi connectivity index (χ3n) is 5.39. The quantitative estimate of drug-likeness (QED) is 0.820. The number of amides is 1. The van der Waals surface area contributed by atoms with Gasteiger partial charge < -0.3 is 15.0 Å². The minimum atomic E-state index is -3.02. The average molecular weight is 381 g/mol. The molecular formula is C19H28N2O4S. The Morgan fingerprint density at radius 1 is 1.12 bits per heavy atom. The van der Waals surface area contributed by atoms with Crippen LogP contribution in [-0.2, 0) is 14.6 Å². The van der Waals surface area contributed by atoms with Gasteiger partial charge in [-0.15, -0.1) is 0 Å². The number of sulfone groups is 1. The number of rotatable bonds is 6. The summed E-state index contributed by atoms with van der Waals surface area (Å²) in [5.74, 6) is 1.06. The van der Waals surface area contributed by atoms with Gasteiger partial charge in [-0.05, 0) is 43.5 Å². The van der Waals surface area contributed by atoms with Gasteiger partial charge in [-0.3, -0.25) is 4.79 Å². The molecule has 0 aromatic heterocycles. The fourth-order valence-corrected chi connectivity index (χ4v) is 5.75. The molecule has 7 heteroatoms. The number of benzene rings is 1. The molecule has 144 valence electrons. The highest BCUT2D eigenvalue weighted by atomic mass is 32.2. The van der Waals surface area contributed by atoms with Crippen LogP contribution in [0.1, 0.15) is 38.5 Å². The number of nitrogens with zero attached hydrogens (tertiary/aromatic N) is 1. The molecule has 1 aliphatic carbocycles. The summed E-state index contributed by atoms with van der Waals surface area (Å²) in [5, 5.41) is 3.16. The number of carbonyl (C=O) groups excluding carboxylic acids is 1. The Morgan fingerprint density at radius 3 is 2.38 bits per heavy atom. The van der Waals surface area contributed by atoms with Gasteiger partial charge in [0.15, 0.2) is 9.84 Å². The Morgan fingerprint density at radius 2 is 1.81 bits per heavy atom. The number of hydrogen-bond acceptors (Lipinski definition) is 5. The lowest BCUT2D eigenvalue weighted by Crippen LogP contribution is -2.50. The molecule has 1 unspecified atom stereocenters. The van der Waals surface area contributed by atoms with E-state index in [1.54, 1.807) is 7.11 Å². The zero-order valence-electron chi connectivity index (χ0n) is 15.3. The Labute approximate surface area is 155 Å². The topological polar surface area (TPSA) is 75.7 Å². The molecule has 3 rings (SSSR count).